The van der Waals surface area contributed by atoms with Crippen molar-refractivity contribution >= 4 is 6.16 Å². The van der Waals surface area contributed by atoms with Crippen LogP contribution in [0.1, 0.15) is 13.8 Å². The predicted molar refractivity (Wildman–Crippen MR) is 44.1 cm³/mol. The number of rotatable bonds is 2. The van der Waals surface area contributed by atoms with Gasteiger partial charge in [-0.15, -0.1) is 0 Å². The van der Waals surface area contributed by atoms with E-state index in [1.807, 2.05) is 0 Å². The van der Waals surface area contributed by atoms with Gasteiger partial charge in [0.2, 0.25) is 0 Å². The van der Waals surface area contributed by atoms with Gasteiger partial charge < -0.3 is 15.2 Å². The lowest BCUT2D eigenvalue weighted by molar-refractivity contribution is 0.0335. The van der Waals surface area contributed by atoms with Gasteiger partial charge in [-0.25, -0.2) is 4.79 Å². The average Bonchev–Trinajstić information content (AvgIpc) is 2.33. The maximum Gasteiger partial charge on any atom is 0.506 e. The van der Waals surface area contributed by atoms with Crippen molar-refractivity contribution < 1.29 is 14.6 Å². The lowest BCUT2D eigenvalue weighted by Gasteiger charge is -2.20. The fourth-order valence-corrected chi connectivity index (χ4v) is 1.60. The van der Waals surface area contributed by atoms with Gasteiger partial charge >= 0.3 is 6.16 Å². The standard InChI is InChI=1S/C8H15NO3/c1-5(2)6-3-9-4-7(6)12-8(10)11/h5-7,9H,3-4H2,1-2H3,(H,10,11)/t6-,7+/m1/s1. The normalized spacial score (nSPS) is 29.2. The lowest BCUT2D eigenvalue weighted by atomic mass is 9.93. The van der Waals surface area contributed by atoms with Gasteiger partial charge in [0.15, 0.2) is 0 Å². The van der Waals surface area contributed by atoms with Crippen LogP contribution in [0.5, 0.6) is 0 Å². The zero-order valence-corrected chi connectivity index (χ0v) is 7.41. The molecule has 2 N–H and O–H groups in total. The van der Waals surface area contributed by atoms with Crippen LogP contribution in [0.3, 0.4) is 0 Å². The zero-order valence-electron chi connectivity index (χ0n) is 7.41. The van der Waals surface area contributed by atoms with Crippen LogP contribution < -0.4 is 5.32 Å². The Morgan fingerprint density at radius 1 is 1.58 bits per heavy atom. The van der Waals surface area contributed by atoms with Gasteiger partial charge in [0.05, 0.1) is 0 Å². The van der Waals surface area contributed by atoms with Crippen molar-refractivity contribution in [2.75, 3.05) is 13.1 Å². The summed E-state index contributed by atoms with van der Waals surface area (Å²) in [6, 6.07) is 0. The van der Waals surface area contributed by atoms with Crippen molar-refractivity contribution in [2.45, 2.75) is 20.0 Å². The molecule has 1 heterocycles. The Morgan fingerprint density at radius 2 is 2.25 bits per heavy atom. The summed E-state index contributed by atoms with van der Waals surface area (Å²) in [5.74, 6) is 0.783. The molecule has 1 aliphatic heterocycles. The highest BCUT2D eigenvalue weighted by Gasteiger charge is 2.32. The molecule has 4 nitrogen and oxygen atoms in total. The Balaban J connectivity index is 2.46. The maximum atomic E-state index is 10.3. The summed E-state index contributed by atoms with van der Waals surface area (Å²) in [7, 11) is 0. The van der Waals surface area contributed by atoms with Crippen LogP contribution in [-0.2, 0) is 4.74 Å². The SMILES string of the molecule is CC(C)[C@H]1CNC[C@@H]1OC(=O)O. The van der Waals surface area contributed by atoms with Crippen LogP contribution in [-0.4, -0.2) is 30.5 Å². The molecule has 0 aromatic carbocycles. The predicted octanol–water partition coefficient (Wildman–Crippen LogP) is 0.925. The number of hydrogen-bond donors (Lipinski definition) is 2. The van der Waals surface area contributed by atoms with Gasteiger partial charge in [-0.2, -0.15) is 0 Å². The summed E-state index contributed by atoms with van der Waals surface area (Å²) in [4.78, 5) is 10.3. The lowest BCUT2D eigenvalue weighted by Crippen LogP contribution is -2.28. The molecule has 4 heteroatoms. The number of ether oxygens (including phenoxy) is 1. The smallest absolute Gasteiger partial charge is 0.450 e. The van der Waals surface area contributed by atoms with Crippen LogP contribution in [0.4, 0.5) is 4.79 Å². The van der Waals surface area contributed by atoms with Crippen LogP contribution in [0.15, 0.2) is 0 Å². The third-order valence-corrected chi connectivity index (χ3v) is 2.31. The Labute approximate surface area is 71.9 Å². The summed E-state index contributed by atoms with van der Waals surface area (Å²) in [6.45, 7) is 5.66. The first kappa shape index (κ1) is 9.32. The minimum absolute atomic E-state index is 0.164. The third-order valence-electron chi connectivity index (χ3n) is 2.31. The molecule has 0 unspecified atom stereocenters. The van der Waals surface area contributed by atoms with Crippen molar-refractivity contribution in [2.24, 2.45) is 11.8 Å². The van der Waals surface area contributed by atoms with Gasteiger partial charge in [0.25, 0.3) is 0 Å². The molecule has 0 radical (unpaired) electrons. The fourth-order valence-electron chi connectivity index (χ4n) is 1.60. The molecule has 1 fully saturated rings. The van der Waals surface area contributed by atoms with Gasteiger partial charge in [-0.1, -0.05) is 13.8 Å². The van der Waals surface area contributed by atoms with Crippen LogP contribution in [0.2, 0.25) is 0 Å². The van der Waals surface area contributed by atoms with E-state index < -0.39 is 6.16 Å². The monoisotopic (exact) mass is 173 g/mol. The second-order valence-electron chi connectivity index (χ2n) is 3.49. The Hall–Kier alpha value is -0.770. The highest BCUT2D eigenvalue weighted by atomic mass is 16.7. The molecule has 0 aromatic rings. The minimum Gasteiger partial charge on any atom is -0.450 e. The molecule has 1 rings (SSSR count). The van der Waals surface area contributed by atoms with Crippen LogP contribution in [0, 0.1) is 11.8 Å². The number of carbonyl (C=O) groups is 1. The number of nitrogens with one attached hydrogen (secondary N) is 1. The molecule has 2 atom stereocenters. The van der Waals surface area contributed by atoms with Crippen LogP contribution >= 0.6 is 0 Å². The summed E-state index contributed by atoms with van der Waals surface area (Å²) >= 11 is 0. The topological polar surface area (TPSA) is 58.6 Å². The summed E-state index contributed by atoms with van der Waals surface area (Å²) in [5.41, 5.74) is 0. The van der Waals surface area contributed by atoms with E-state index in [0.29, 0.717) is 18.4 Å². The van der Waals surface area contributed by atoms with Gasteiger partial charge in [0, 0.05) is 19.0 Å². The van der Waals surface area contributed by atoms with Crippen molar-refractivity contribution in [1.29, 1.82) is 0 Å². The molecule has 0 aromatic heterocycles. The van der Waals surface area contributed by atoms with E-state index in [1.54, 1.807) is 0 Å². The Kier molecular flexibility index (Phi) is 2.92. The van der Waals surface area contributed by atoms with Crippen molar-refractivity contribution in [3.63, 3.8) is 0 Å². The average molecular weight is 173 g/mol. The molecule has 0 bridgehead atoms. The van der Waals surface area contributed by atoms with E-state index >= 15 is 0 Å². The Morgan fingerprint density at radius 3 is 2.75 bits per heavy atom. The molecule has 0 spiro atoms. The highest BCUT2D eigenvalue weighted by Crippen LogP contribution is 2.21. The summed E-state index contributed by atoms with van der Waals surface area (Å²) in [6.07, 6.45) is -1.34. The third kappa shape index (κ3) is 2.11. The van der Waals surface area contributed by atoms with E-state index in [2.05, 4.69) is 19.2 Å². The van der Waals surface area contributed by atoms with E-state index in [-0.39, 0.29) is 6.10 Å². The van der Waals surface area contributed by atoms with E-state index in [0.717, 1.165) is 6.54 Å². The largest absolute Gasteiger partial charge is 0.506 e. The minimum atomic E-state index is -1.17. The Bertz CT molecular complexity index is 170. The number of carboxylic acid groups (broad SMARTS) is 1. The first-order chi connectivity index (χ1) is 5.61. The van der Waals surface area contributed by atoms with Crippen molar-refractivity contribution in [3.05, 3.63) is 0 Å². The first-order valence-electron chi connectivity index (χ1n) is 4.21. The molecule has 0 saturated carbocycles. The van der Waals surface area contributed by atoms with Crippen molar-refractivity contribution in [3.8, 4) is 0 Å². The second kappa shape index (κ2) is 3.76. The summed E-state index contributed by atoms with van der Waals surface area (Å²) < 4.78 is 4.74. The quantitative estimate of drug-likeness (QED) is 0.610. The van der Waals surface area contributed by atoms with Crippen LogP contribution in [0.25, 0.3) is 0 Å². The highest BCUT2D eigenvalue weighted by molar-refractivity contribution is 5.57. The number of hydrogen-bond acceptors (Lipinski definition) is 3. The molecular formula is C8H15NO3. The maximum absolute atomic E-state index is 10.3. The van der Waals surface area contributed by atoms with E-state index in [9.17, 15) is 4.79 Å². The second-order valence-corrected chi connectivity index (χ2v) is 3.49. The molecule has 70 valence electrons. The molecule has 0 aliphatic carbocycles. The summed E-state index contributed by atoms with van der Waals surface area (Å²) in [5, 5.41) is 11.5. The van der Waals surface area contributed by atoms with E-state index in [4.69, 9.17) is 9.84 Å². The molecular weight excluding hydrogens is 158 g/mol. The molecule has 1 saturated heterocycles. The van der Waals surface area contributed by atoms with Gasteiger partial charge in [0.1, 0.15) is 6.10 Å². The molecule has 0 amide bonds. The van der Waals surface area contributed by atoms with Gasteiger partial charge in [-0.3, -0.25) is 0 Å². The zero-order chi connectivity index (χ0) is 9.14. The fraction of sp³-hybridized carbons (Fsp3) is 0.875. The molecule has 12 heavy (non-hydrogen) atoms. The molecule has 1 aliphatic rings. The van der Waals surface area contributed by atoms with Crippen molar-refractivity contribution in [1.82, 2.24) is 5.32 Å². The van der Waals surface area contributed by atoms with E-state index in [1.165, 1.54) is 0 Å². The first-order valence-corrected chi connectivity index (χ1v) is 4.21. The van der Waals surface area contributed by atoms with Gasteiger partial charge in [-0.05, 0) is 5.92 Å².